The van der Waals surface area contributed by atoms with Crippen LogP contribution in [-0.4, -0.2) is 37.2 Å². The minimum atomic E-state index is -0.769. The average molecular weight is 1020 g/mol. The van der Waals surface area contributed by atoms with E-state index in [1.165, 1.54) is 270 Å². The topological polar surface area (TPSA) is 78.9 Å². The van der Waals surface area contributed by atoms with Crippen molar-refractivity contribution in [2.75, 3.05) is 13.2 Å². The van der Waals surface area contributed by atoms with Gasteiger partial charge in [-0.1, -0.05) is 322 Å². The summed E-state index contributed by atoms with van der Waals surface area (Å²) in [6.45, 7) is 6.70. The molecule has 0 rings (SSSR count). The van der Waals surface area contributed by atoms with E-state index in [-0.39, 0.29) is 31.1 Å². The fourth-order valence-corrected chi connectivity index (χ4v) is 10.1. The minimum absolute atomic E-state index is 0.0659. The number of unbranched alkanes of at least 4 members (excludes halogenated alkanes) is 48. The van der Waals surface area contributed by atoms with Crippen LogP contribution < -0.4 is 0 Å². The number of carbonyl (C=O) groups is 3. The molecule has 0 saturated heterocycles. The van der Waals surface area contributed by atoms with Gasteiger partial charge in [0.05, 0.1) is 0 Å². The van der Waals surface area contributed by atoms with Crippen molar-refractivity contribution in [3.8, 4) is 0 Å². The van der Waals surface area contributed by atoms with Gasteiger partial charge in [0.1, 0.15) is 13.2 Å². The maximum atomic E-state index is 12.9. The molecule has 0 radical (unpaired) electrons. The van der Waals surface area contributed by atoms with E-state index in [4.69, 9.17) is 14.2 Å². The molecule has 72 heavy (non-hydrogen) atoms. The highest BCUT2D eigenvalue weighted by Gasteiger charge is 2.19. The van der Waals surface area contributed by atoms with Crippen LogP contribution in [0.1, 0.15) is 374 Å². The molecule has 6 heteroatoms. The average Bonchev–Trinajstić information content (AvgIpc) is 3.38. The summed E-state index contributed by atoms with van der Waals surface area (Å²) in [6, 6.07) is 0. The predicted molar refractivity (Wildman–Crippen MR) is 312 cm³/mol. The molecule has 0 aliphatic carbocycles. The summed E-state index contributed by atoms with van der Waals surface area (Å²) < 4.78 is 16.9. The van der Waals surface area contributed by atoms with Crippen molar-refractivity contribution in [3.63, 3.8) is 0 Å². The molecule has 0 aliphatic rings. The van der Waals surface area contributed by atoms with Crippen molar-refractivity contribution in [2.45, 2.75) is 380 Å². The number of ether oxygens (including phenoxy) is 3. The third-order valence-corrected chi connectivity index (χ3v) is 15.0. The Kier molecular flexibility index (Phi) is 60.1. The molecule has 0 fully saturated rings. The smallest absolute Gasteiger partial charge is 0.306 e. The molecule has 0 aromatic heterocycles. The standard InChI is InChI=1S/C66H126O6/c1-4-7-10-13-16-19-22-25-27-29-31-32-33-35-36-38-41-44-47-50-53-56-59-65(68)71-62-63(61-70-64(67)58-55-52-49-46-43-40-24-21-18-15-12-9-6-3)72-66(69)60-57-54-51-48-45-42-39-37-34-30-28-26-23-20-17-14-11-8-5-2/h21,24,63H,4-20,22-23,25-62H2,1-3H3/b24-21-. The molecule has 0 saturated carbocycles. The Morgan fingerprint density at radius 2 is 0.458 bits per heavy atom. The van der Waals surface area contributed by atoms with Crippen molar-refractivity contribution < 1.29 is 28.6 Å². The number of allylic oxidation sites excluding steroid dienone is 2. The van der Waals surface area contributed by atoms with Gasteiger partial charge in [0.25, 0.3) is 0 Å². The maximum absolute atomic E-state index is 12.9. The summed E-state index contributed by atoms with van der Waals surface area (Å²) in [6.07, 6.45) is 72.2. The molecular formula is C66H126O6. The molecular weight excluding hydrogens is 889 g/mol. The molecule has 6 nitrogen and oxygen atoms in total. The Balaban J connectivity index is 4.24. The van der Waals surface area contributed by atoms with Crippen molar-refractivity contribution in [3.05, 3.63) is 12.2 Å². The van der Waals surface area contributed by atoms with Gasteiger partial charge in [-0.25, -0.2) is 0 Å². The summed E-state index contributed by atoms with van der Waals surface area (Å²) in [4.78, 5) is 38.3. The third kappa shape index (κ3) is 59.0. The van der Waals surface area contributed by atoms with Crippen LogP contribution in [-0.2, 0) is 28.6 Å². The molecule has 0 aliphatic heterocycles. The highest BCUT2D eigenvalue weighted by molar-refractivity contribution is 5.71. The van der Waals surface area contributed by atoms with Gasteiger partial charge in [-0.3, -0.25) is 14.4 Å². The van der Waals surface area contributed by atoms with Gasteiger partial charge in [0.2, 0.25) is 0 Å². The maximum Gasteiger partial charge on any atom is 0.306 e. The Morgan fingerprint density at radius 3 is 0.708 bits per heavy atom. The van der Waals surface area contributed by atoms with E-state index in [0.717, 1.165) is 64.2 Å². The predicted octanol–water partition coefficient (Wildman–Crippen LogP) is 22.1. The van der Waals surface area contributed by atoms with Gasteiger partial charge in [0.15, 0.2) is 6.10 Å². The van der Waals surface area contributed by atoms with Crippen molar-refractivity contribution in [1.82, 2.24) is 0 Å². The summed E-state index contributed by atoms with van der Waals surface area (Å²) in [5.74, 6) is -0.844. The van der Waals surface area contributed by atoms with E-state index in [9.17, 15) is 14.4 Å². The van der Waals surface area contributed by atoms with Crippen LogP contribution in [0.25, 0.3) is 0 Å². The quantitative estimate of drug-likeness (QED) is 0.0261. The third-order valence-electron chi connectivity index (χ3n) is 15.0. The molecule has 0 spiro atoms. The van der Waals surface area contributed by atoms with E-state index in [0.29, 0.717) is 19.3 Å². The van der Waals surface area contributed by atoms with Gasteiger partial charge in [-0.2, -0.15) is 0 Å². The number of carbonyl (C=O) groups excluding carboxylic acids is 3. The monoisotopic (exact) mass is 1010 g/mol. The fraction of sp³-hybridized carbons (Fsp3) is 0.924. The fourth-order valence-electron chi connectivity index (χ4n) is 10.1. The number of rotatable bonds is 61. The van der Waals surface area contributed by atoms with Gasteiger partial charge < -0.3 is 14.2 Å². The van der Waals surface area contributed by atoms with Crippen LogP contribution in [0.3, 0.4) is 0 Å². The van der Waals surface area contributed by atoms with Crippen molar-refractivity contribution >= 4 is 17.9 Å². The van der Waals surface area contributed by atoms with E-state index >= 15 is 0 Å². The summed E-state index contributed by atoms with van der Waals surface area (Å²) >= 11 is 0. The van der Waals surface area contributed by atoms with Crippen molar-refractivity contribution in [1.29, 1.82) is 0 Å². The first-order chi connectivity index (χ1) is 35.5. The van der Waals surface area contributed by atoms with Crippen LogP contribution >= 0.6 is 0 Å². The lowest BCUT2D eigenvalue weighted by Gasteiger charge is -2.18. The SMILES string of the molecule is CCCCCC/C=C\CCCCCCCC(=O)OCC(COC(=O)CCCCCCCCCCCCCCCCCCCCCCCC)OC(=O)CCCCCCCCCCCCCCCCCCCCC. The second-order valence-corrected chi connectivity index (χ2v) is 22.4. The lowest BCUT2D eigenvalue weighted by Crippen LogP contribution is -2.30. The second kappa shape index (κ2) is 61.7. The number of hydrogen-bond donors (Lipinski definition) is 0. The van der Waals surface area contributed by atoms with Crippen LogP contribution in [0, 0.1) is 0 Å². The molecule has 1 unspecified atom stereocenters. The molecule has 0 aromatic carbocycles. The summed E-state index contributed by atoms with van der Waals surface area (Å²) in [5, 5.41) is 0. The zero-order valence-corrected chi connectivity index (χ0v) is 49.0. The minimum Gasteiger partial charge on any atom is -0.462 e. The largest absolute Gasteiger partial charge is 0.462 e. The lowest BCUT2D eigenvalue weighted by atomic mass is 10.0. The van der Waals surface area contributed by atoms with E-state index in [2.05, 4.69) is 32.9 Å². The first-order valence-corrected chi connectivity index (χ1v) is 32.7. The Labute approximate surface area is 450 Å². The zero-order valence-electron chi connectivity index (χ0n) is 49.0. The normalized spacial score (nSPS) is 12.0. The zero-order chi connectivity index (χ0) is 52.2. The molecule has 0 amide bonds. The van der Waals surface area contributed by atoms with Gasteiger partial charge in [0, 0.05) is 19.3 Å². The van der Waals surface area contributed by atoms with E-state index in [1.54, 1.807) is 0 Å². The summed E-state index contributed by atoms with van der Waals surface area (Å²) in [7, 11) is 0. The van der Waals surface area contributed by atoms with Gasteiger partial charge in [-0.05, 0) is 44.9 Å². The van der Waals surface area contributed by atoms with Gasteiger partial charge in [-0.15, -0.1) is 0 Å². The molecule has 1 atom stereocenters. The van der Waals surface area contributed by atoms with Crippen LogP contribution in [0.5, 0.6) is 0 Å². The van der Waals surface area contributed by atoms with Gasteiger partial charge >= 0.3 is 17.9 Å². The Bertz CT molecular complexity index is 1120. The molecule has 426 valence electrons. The molecule has 0 heterocycles. The van der Waals surface area contributed by atoms with Crippen LogP contribution in [0.4, 0.5) is 0 Å². The number of hydrogen-bond acceptors (Lipinski definition) is 6. The Morgan fingerprint density at radius 1 is 0.264 bits per heavy atom. The van der Waals surface area contributed by atoms with Crippen molar-refractivity contribution in [2.24, 2.45) is 0 Å². The first-order valence-electron chi connectivity index (χ1n) is 32.7. The van der Waals surface area contributed by atoms with Crippen LogP contribution in [0.2, 0.25) is 0 Å². The Hall–Kier alpha value is -1.85. The molecule has 0 aromatic rings. The highest BCUT2D eigenvalue weighted by Crippen LogP contribution is 2.18. The summed E-state index contributed by atoms with van der Waals surface area (Å²) in [5.41, 5.74) is 0. The first kappa shape index (κ1) is 70.1. The van der Waals surface area contributed by atoms with E-state index < -0.39 is 6.10 Å². The van der Waals surface area contributed by atoms with Crippen LogP contribution in [0.15, 0.2) is 12.2 Å². The molecule has 0 bridgehead atoms. The lowest BCUT2D eigenvalue weighted by molar-refractivity contribution is -0.167. The highest BCUT2D eigenvalue weighted by atomic mass is 16.6. The van der Waals surface area contributed by atoms with E-state index in [1.807, 2.05) is 0 Å². The number of esters is 3. The second-order valence-electron chi connectivity index (χ2n) is 22.4. The molecule has 0 N–H and O–H groups in total.